The third-order valence-electron chi connectivity index (χ3n) is 3.22. The smallest absolute Gasteiger partial charge is 0.115 e. The molecule has 1 unspecified atom stereocenters. The average Bonchev–Trinajstić information content (AvgIpc) is 2.42. The van der Waals surface area contributed by atoms with Crippen molar-refractivity contribution in [2.45, 2.75) is 26.2 Å². The van der Waals surface area contributed by atoms with Crippen LogP contribution in [0.25, 0.3) is 0 Å². The normalized spacial score (nSPS) is 12.6. The van der Waals surface area contributed by atoms with Crippen LogP contribution in [-0.4, -0.2) is 16.5 Å². The number of hydrogen-bond donors (Lipinski definition) is 1. The molecule has 1 aromatic heterocycles. The SMILES string of the molecule is CC(C)Cc1ccc(C(CN)c2ccncn2)cc1. The van der Waals surface area contributed by atoms with E-state index in [1.54, 1.807) is 12.5 Å². The molecule has 0 saturated carbocycles. The molecule has 100 valence electrons. The van der Waals surface area contributed by atoms with Gasteiger partial charge in [0.1, 0.15) is 6.33 Å². The van der Waals surface area contributed by atoms with Crippen molar-refractivity contribution in [3.8, 4) is 0 Å². The predicted octanol–water partition coefficient (Wildman–Crippen LogP) is 2.77. The first kappa shape index (κ1) is 13.7. The molecular weight excluding hydrogens is 234 g/mol. The summed E-state index contributed by atoms with van der Waals surface area (Å²) in [6.07, 6.45) is 4.45. The first-order valence-corrected chi connectivity index (χ1v) is 6.75. The summed E-state index contributed by atoms with van der Waals surface area (Å²) < 4.78 is 0. The van der Waals surface area contributed by atoms with E-state index in [1.807, 2.05) is 6.07 Å². The van der Waals surface area contributed by atoms with Gasteiger partial charge in [-0.15, -0.1) is 0 Å². The summed E-state index contributed by atoms with van der Waals surface area (Å²) >= 11 is 0. The Labute approximate surface area is 114 Å². The van der Waals surface area contributed by atoms with E-state index >= 15 is 0 Å². The summed E-state index contributed by atoms with van der Waals surface area (Å²) in [4.78, 5) is 8.26. The second kappa shape index (κ2) is 6.43. The summed E-state index contributed by atoms with van der Waals surface area (Å²) in [5, 5.41) is 0. The number of benzene rings is 1. The Morgan fingerprint density at radius 1 is 1.11 bits per heavy atom. The molecule has 19 heavy (non-hydrogen) atoms. The zero-order valence-electron chi connectivity index (χ0n) is 11.6. The Bertz CT molecular complexity index is 491. The van der Waals surface area contributed by atoms with E-state index in [4.69, 9.17) is 5.73 Å². The molecule has 2 rings (SSSR count). The molecular formula is C16H21N3. The third-order valence-corrected chi connectivity index (χ3v) is 3.22. The molecule has 0 fully saturated rings. The molecule has 1 aromatic carbocycles. The maximum Gasteiger partial charge on any atom is 0.115 e. The highest BCUT2D eigenvalue weighted by atomic mass is 14.8. The molecule has 0 amide bonds. The highest BCUT2D eigenvalue weighted by Crippen LogP contribution is 2.22. The Hall–Kier alpha value is -1.74. The molecule has 0 bridgehead atoms. The van der Waals surface area contributed by atoms with Crippen LogP contribution < -0.4 is 5.73 Å². The van der Waals surface area contributed by atoms with Gasteiger partial charge >= 0.3 is 0 Å². The van der Waals surface area contributed by atoms with Gasteiger partial charge in [0, 0.05) is 18.7 Å². The average molecular weight is 255 g/mol. The minimum absolute atomic E-state index is 0.149. The molecule has 2 aromatic rings. The fraction of sp³-hybridized carbons (Fsp3) is 0.375. The van der Waals surface area contributed by atoms with Gasteiger partial charge < -0.3 is 5.73 Å². The van der Waals surface area contributed by atoms with Crippen molar-refractivity contribution < 1.29 is 0 Å². The fourth-order valence-corrected chi connectivity index (χ4v) is 2.29. The first-order chi connectivity index (χ1) is 9.20. The van der Waals surface area contributed by atoms with Crippen LogP contribution in [0.4, 0.5) is 0 Å². The van der Waals surface area contributed by atoms with Crippen LogP contribution in [0.3, 0.4) is 0 Å². The van der Waals surface area contributed by atoms with Crippen molar-refractivity contribution in [2.75, 3.05) is 6.54 Å². The lowest BCUT2D eigenvalue weighted by atomic mass is 9.93. The molecule has 0 aliphatic carbocycles. The summed E-state index contributed by atoms with van der Waals surface area (Å²) in [6, 6.07) is 10.6. The van der Waals surface area contributed by atoms with Gasteiger partial charge in [-0.3, -0.25) is 0 Å². The summed E-state index contributed by atoms with van der Waals surface area (Å²) in [5.41, 5.74) is 9.46. The van der Waals surface area contributed by atoms with Crippen molar-refractivity contribution in [1.82, 2.24) is 9.97 Å². The number of rotatable bonds is 5. The first-order valence-electron chi connectivity index (χ1n) is 6.75. The van der Waals surface area contributed by atoms with Crippen molar-refractivity contribution >= 4 is 0 Å². The van der Waals surface area contributed by atoms with Crippen LogP contribution in [-0.2, 0) is 6.42 Å². The zero-order valence-corrected chi connectivity index (χ0v) is 11.6. The molecule has 0 aliphatic rings. The third kappa shape index (κ3) is 3.61. The van der Waals surface area contributed by atoms with Crippen LogP contribution in [0.1, 0.15) is 36.6 Å². The van der Waals surface area contributed by atoms with Crippen molar-refractivity contribution in [3.05, 3.63) is 59.7 Å². The van der Waals surface area contributed by atoms with E-state index in [0.717, 1.165) is 12.1 Å². The fourth-order valence-electron chi connectivity index (χ4n) is 2.29. The number of aromatic nitrogens is 2. The number of nitrogens with zero attached hydrogens (tertiary/aromatic N) is 2. The molecule has 1 atom stereocenters. The molecule has 0 spiro atoms. The van der Waals surface area contributed by atoms with Crippen LogP contribution in [0.5, 0.6) is 0 Å². The second-order valence-electron chi connectivity index (χ2n) is 5.26. The van der Waals surface area contributed by atoms with Gasteiger partial charge in [0.2, 0.25) is 0 Å². The van der Waals surface area contributed by atoms with Crippen LogP contribution >= 0.6 is 0 Å². The van der Waals surface area contributed by atoms with Crippen molar-refractivity contribution in [1.29, 1.82) is 0 Å². The Kier molecular flexibility index (Phi) is 4.63. The van der Waals surface area contributed by atoms with E-state index in [9.17, 15) is 0 Å². The predicted molar refractivity (Wildman–Crippen MR) is 77.9 cm³/mol. The lowest BCUT2D eigenvalue weighted by Crippen LogP contribution is -2.15. The lowest BCUT2D eigenvalue weighted by Gasteiger charge is -2.15. The number of nitrogens with two attached hydrogens (primary N) is 1. The molecule has 1 heterocycles. The maximum atomic E-state index is 5.90. The van der Waals surface area contributed by atoms with Crippen LogP contribution in [0.2, 0.25) is 0 Å². The van der Waals surface area contributed by atoms with Gasteiger partial charge in [0.25, 0.3) is 0 Å². The topological polar surface area (TPSA) is 51.8 Å². The second-order valence-corrected chi connectivity index (χ2v) is 5.26. The Morgan fingerprint density at radius 3 is 2.37 bits per heavy atom. The molecule has 0 saturated heterocycles. The Morgan fingerprint density at radius 2 is 1.84 bits per heavy atom. The molecule has 3 nitrogen and oxygen atoms in total. The molecule has 0 aliphatic heterocycles. The molecule has 3 heteroatoms. The monoisotopic (exact) mass is 255 g/mol. The number of hydrogen-bond acceptors (Lipinski definition) is 3. The van der Waals surface area contributed by atoms with Gasteiger partial charge in [0.15, 0.2) is 0 Å². The van der Waals surface area contributed by atoms with Gasteiger partial charge in [0.05, 0.1) is 5.69 Å². The molecule has 0 radical (unpaired) electrons. The highest BCUT2D eigenvalue weighted by molar-refractivity contribution is 5.31. The van der Waals surface area contributed by atoms with Gasteiger partial charge in [-0.2, -0.15) is 0 Å². The summed E-state index contributed by atoms with van der Waals surface area (Å²) in [5.74, 6) is 0.828. The maximum absolute atomic E-state index is 5.90. The quantitative estimate of drug-likeness (QED) is 0.893. The minimum Gasteiger partial charge on any atom is -0.329 e. The lowest BCUT2D eigenvalue weighted by molar-refractivity contribution is 0.647. The summed E-state index contributed by atoms with van der Waals surface area (Å²) in [6.45, 7) is 5.02. The van der Waals surface area contributed by atoms with Gasteiger partial charge in [-0.1, -0.05) is 38.1 Å². The standard InChI is InChI=1S/C16H21N3/c1-12(2)9-13-3-5-14(6-4-13)15(10-17)16-7-8-18-11-19-16/h3-8,11-12,15H,9-10,17H2,1-2H3. The van der Waals surface area contributed by atoms with Gasteiger partial charge in [-0.05, 0) is 29.5 Å². The van der Waals surface area contributed by atoms with Crippen molar-refractivity contribution in [3.63, 3.8) is 0 Å². The van der Waals surface area contributed by atoms with E-state index in [2.05, 4.69) is 48.1 Å². The summed E-state index contributed by atoms with van der Waals surface area (Å²) in [7, 11) is 0. The highest BCUT2D eigenvalue weighted by Gasteiger charge is 2.13. The Balaban J connectivity index is 2.20. The zero-order chi connectivity index (χ0) is 13.7. The van der Waals surface area contributed by atoms with E-state index in [1.165, 1.54) is 11.1 Å². The van der Waals surface area contributed by atoms with Crippen molar-refractivity contribution in [2.24, 2.45) is 11.7 Å². The van der Waals surface area contributed by atoms with E-state index in [-0.39, 0.29) is 5.92 Å². The van der Waals surface area contributed by atoms with Crippen LogP contribution in [0.15, 0.2) is 42.9 Å². The van der Waals surface area contributed by atoms with Gasteiger partial charge in [-0.25, -0.2) is 9.97 Å². The van der Waals surface area contributed by atoms with E-state index in [0.29, 0.717) is 12.5 Å². The van der Waals surface area contributed by atoms with E-state index < -0.39 is 0 Å². The minimum atomic E-state index is 0.149. The largest absolute Gasteiger partial charge is 0.329 e. The molecule has 2 N–H and O–H groups in total. The van der Waals surface area contributed by atoms with Crippen LogP contribution in [0, 0.1) is 5.92 Å².